The molecule has 4 bridgehead atoms. The van der Waals surface area contributed by atoms with Crippen LogP contribution >= 0.6 is 0 Å². The minimum atomic E-state index is 0.0357. The predicted molar refractivity (Wildman–Crippen MR) is 145 cm³/mol. The van der Waals surface area contributed by atoms with E-state index in [0.717, 1.165) is 65.6 Å². The van der Waals surface area contributed by atoms with Gasteiger partial charge in [-0.05, 0) is 111 Å². The van der Waals surface area contributed by atoms with Crippen molar-refractivity contribution >= 4 is 28.5 Å². The maximum absolute atomic E-state index is 13.2. The zero-order chi connectivity index (χ0) is 24.9. The lowest BCUT2D eigenvalue weighted by atomic mass is 9.54. The summed E-state index contributed by atoms with van der Waals surface area (Å²) >= 11 is 0. The Labute approximate surface area is 218 Å². The van der Waals surface area contributed by atoms with Gasteiger partial charge in [0.2, 0.25) is 5.91 Å². The molecule has 0 unspecified atom stereocenters. The Hall–Kier alpha value is -3.15. The Morgan fingerprint density at radius 3 is 2.24 bits per heavy atom. The highest BCUT2D eigenvalue weighted by Gasteiger charge is 2.48. The molecule has 1 heterocycles. The summed E-state index contributed by atoms with van der Waals surface area (Å²) in [4.78, 5) is 33.9. The van der Waals surface area contributed by atoms with E-state index in [0.29, 0.717) is 23.4 Å². The van der Waals surface area contributed by atoms with Crippen molar-refractivity contribution in [1.82, 2.24) is 15.3 Å². The number of anilines is 1. The van der Waals surface area contributed by atoms with Crippen molar-refractivity contribution in [1.29, 1.82) is 0 Å². The van der Waals surface area contributed by atoms with E-state index >= 15 is 0 Å². The first-order valence-electron chi connectivity index (χ1n) is 14.3. The van der Waals surface area contributed by atoms with E-state index < -0.39 is 0 Å². The molecule has 5 fully saturated rings. The minimum Gasteiger partial charge on any atom is -0.349 e. The van der Waals surface area contributed by atoms with Gasteiger partial charge in [-0.25, -0.2) is 4.98 Å². The van der Waals surface area contributed by atoms with E-state index in [9.17, 15) is 9.59 Å². The number of carbonyl (C=O) groups excluding carboxylic acids is 2. The Kier molecular flexibility index (Phi) is 5.78. The van der Waals surface area contributed by atoms with Gasteiger partial charge in [0.15, 0.2) is 0 Å². The van der Waals surface area contributed by atoms with E-state index in [1.807, 2.05) is 42.5 Å². The maximum atomic E-state index is 13.2. The number of amides is 2. The normalized spacial score (nSPS) is 28.9. The van der Waals surface area contributed by atoms with Crippen molar-refractivity contribution in [2.24, 2.45) is 29.6 Å². The van der Waals surface area contributed by atoms with Crippen LogP contribution in [0, 0.1) is 29.6 Å². The molecule has 0 atom stereocenters. The molecule has 1 aromatic heterocycles. The largest absolute Gasteiger partial charge is 0.349 e. The van der Waals surface area contributed by atoms with Gasteiger partial charge in [0.1, 0.15) is 5.82 Å². The molecule has 5 saturated carbocycles. The van der Waals surface area contributed by atoms with Gasteiger partial charge in [-0.1, -0.05) is 19.3 Å². The van der Waals surface area contributed by atoms with Crippen molar-refractivity contribution in [2.75, 3.05) is 5.32 Å². The molecule has 8 rings (SSSR count). The number of aromatic nitrogens is 2. The number of fused-ring (bicyclic) bond motifs is 1. The van der Waals surface area contributed by atoms with E-state index in [1.54, 1.807) is 0 Å². The molecule has 0 aliphatic heterocycles. The number of nitrogens with zero attached hydrogens (tertiary/aromatic N) is 1. The summed E-state index contributed by atoms with van der Waals surface area (Å²) in [6.07, 6.45) is 12.1. The molecule has 3 aromatic rings. The molecule has 5 aliphatic carbocycles. The standard InChI is InChI=1S/C31H36N4O2/c36-30(21-4-2-1-3-5-21)32-25-9-6-20(7-10-25)29-33-26-11-8-22(17-27(26)34-29)31(37)35-28-23-13-18-12-19(15-23)16-24(28)14-18/h6-11,17-19,21,23-24,28H,1-5,12-16H2,(H,32,36)(H,33,34)(H,35,37). The highest BCUT2D eigenvalue weighted by atomic mass is 16.2. The van der Waals surface area contributed by atoms with Crippen LogP contribution in [0.3, 0.4) is 0 Å². The second kappa shape index (κ2) is 9.30. The molecular weight excluding hydrogens is 460 g/mol. The van der Waals surface area contributed by atoms with Crippen LogP contribution in [0.1, 0.15) is 74.6 Å². The van der Waals surface area contributed by atoms with Gasteiger partial charge >= 0.3 is 0 Å². The zero-order valence-electron chi connectivity index (χ0n) is 21.3. The highest BCUT2D eigenvalue weighted by Crippen LogP contribution is 2.53. The molecule has 5 aliphatic rings. The molecule has 3 N–H and O–H groups in total. The van der Waals surface area contributed by atoms with Gasteiger partial charge in [0, 0.05) is 28.8 Å². The lowest BCUT2D eigenvalue weighted by Crippen LogP contribution is -2.55. The molecule has 2 amide bonds. The second-order valence-corrected chi connectivity index (χ2v) is 12.1. The van der Waals surface area contributed by atoms with E-state index in [2.05, 4.69) is 15.6 Å². The number of H-pyrrole nitrogens is 1. The summed E-state index contributed by atoms with van der Waals surface area (Å²) in [5.74, 6) is 4.20. The number of imidazole rings is 1. The third-order valence-corrected chi connectivity index (χ3v) is 9.67. The molecule has 2 aromatic carbocycles. The molecule has 0 saturated heterocycles. The van der Waals surface area contributed by atoms with Crippen LogP contribution in [0.5, 0.6) is 0 Å². The quantitative estimate of drug-likeness (QED) is 0.387. The first kappa shape index (κ1) is 23.0. The summed E-state index contributed by atoms with van der Waals surface area (Å²) < 4.78 is 0. The highest BCUT2D eigenvalue weighted by molar-refractivity contribution is 5.98. The number of hydrogen-bond acceptors (Lipinski definition) is 3. The van der Waals surface area contributed by atoms with Gasteiger partial charge in [-0.2, -0.15) is 0 Å². The summed E-state index contributed by atoms with van der Waals surface area (Å²) in [5, 5.41) is 6.49. The van der Waals surface area contributed by atoms with Crippen LogP contribution in [0.2, 0.25) is 0 Å². The SMILES string of the molecule is O=C(NC1C2CC3CC(C2)CC1C3)c1ccc2nc(-c3ccc(NC(=O)C4CCCCC4)cc3)[nH]c2c1. The number of rotatable bonds is 5. The van der Waals surface area contributed by atoms with E-state index in [4.69, 9.17) is 4.98 Å². The number of nitrogens with one attached hydrogen (secondary N) is 3. The molecule has 0 radical (unpaired) electrons. The average Bonchev–Trinajstić information content (AvgIpc) is 3.35. The van der Waals surface area contributed by atoms with Gasteiger partial charge in [-0.15, -0.1) is 0 Å². The number of aromatic amines is 1. The summed E-state index contributed by atoms with van der Waals surface area (Å²) in [6, 6.07) is 13.9. The first-order valence-corrected chi connectivity index (χ1v) is 14.3. The van der Waals surface area contributed by atoms with Crippen molar-refractivity contribution in [2.45, 2.75) is 70.3 Å². The smallest absolute Gasteiger partial charge is 0.251 e. The molecule has 6 heteroatoms. The Morgan fingerprint density at radius 2 is 1.54 bits per heavy atom. The fraction of sp³-hybridized carbons (Fsp3) is 0.516. The monoisotopic (exact) mass is 496 g/mol. The summed E-state index contributed by atoms with van der Waals surface area (Å²) in [6.45, 7) is 0. The van der Waals surface area contributed by atoms with Crippen molar-refractivity contribution in [3.8, 4) is 11.4 Å². The van der Waals surface area contributed by atoms with Crippen LogP contribution < -0.4 is 10.6 Å². The molecule has 0 spiro atoms. The Morgan fingerprint density at radius 1 is 0.838 bits per heavy atom. The third-order valence-electron chi connectivity index (χ3n) is 9.67. The molecule has 6 nitrogen and oxygen atoms in total. The van der Waals surface area contributed by atoms with Gasteiger partial charge in [0.25, 0.3) is 5.91 Å². The topological polar surface area (TPSA) is 86.9 Å². The fourth-order valence-electron chi connectivity index (χ4n) is 8.00. The van der Waals surface area contributed by atoms with Gasteiger partial charge in [0.05, 0.1) is 11.0 Å². The Bertz CT molecular complexity index is 1290. The number of carbonyl (C=O) groups is 2. The van der Waals surface area contributed by atoms with Gasteiger partial charge in [-0.3, -0.25) is 9.59 Å². The second-order valence-electron chi connectivity index (χ2n) is 12.1. The van der Waals surface area contributed by atoms with Crippen molar-refractivity contribution in [3.05, 3.63) is 48.0 Å². The van der Waals surface area contributed by atoms with E-state index in [1.165, 1.54) is 38.5 Å². The Balaban J connectivity index is 1.03. The molecular formula is C31H36N4O2. The number of benzene rings is 2. The van der Waals surface area contributed by atoms with Gasteiger partial charge < -0.3 is 15.6 Å². The fourth-order valence-corrected chi connectivity index (χ4v) is 8.00. The minimum absolute atomic E-state index is 0.0357. The van der Waals surface area contributed by atoms with Crippen molar-refractivity contribution < 1.29 is 9.59 Å². The van der Waals surface area contributed by atoms with Crippen LogP contribution in [0.4, 0.5) is 5.69 Å². The van der Waals surface area contributed by atoms with Crippen LogP contribution in [-0.4, -0.2) is 27.8 Å². The van der Waals surface area contributed by atoms with E-state index in [-0.39, 0.29) is 17.7 Å². The number of hydrogen-bond donors (Lipinski definition) is 3. The van der Waals surface area contributed by atoms with Crippen LogP contribution in [-0.2, 0) is 4.79 Å². The first-order chi connectivity index (χ1) is 18.1. The molecule has 37 heavy (non-hydrogen) atoms. The predicted octanol–water partition coefficient (Wildman–Crippen LogP) is 6.30. The maximum Gasteiger partial charge on any atom is 0.251 e. The zero-order valence-corrected chi connectivity index (χ0v) is 21.3. The van der Waals surface area contributed by atoms with Crippen LogP contribution in [0.25, 0.3) is 22.4 Å². The summed E-state index contributed by atoms with van der Waals surface area (Å²) in [7, 11) is 0. The average molecular weight is 497 g/mol. The van der Waals surface area contributed by atoms with Crippen LogP contribution in [0.15, 0.2) is 42.5 Å². The lowest BCUT2D eigenvalue weighted by Gasteiger charge is -2.54. The van der Waals surface area contributed by atoms with Crippen molar-refractivity contribution in [3.63, 3.8) is 0 Å². The lowest BCUT2D eigenvalue weighted by molar-refractivity contribution is -0.120. The molecule has 192 valence electrons. The third kappa shape index (κ3) is 4.45. The summed E-state index contributed by atoms with van der Waals surface area (Å²) in [5.41, 5.74) is 4.17.